The summed E-state index contributed by atoms with van der Waals surface area (Å²) in [5.74, 6) is 4.03. The van der Waals surface area contributed by atoms with Crippen molar-refractivity contribution in [3.8, 4) is 23.0 Å². The molecule has 3 aliphatic rings. The minimum atomic E-state index is -0.794. The Morgan fingerprint density at radius 2 is 1.75 bits per heavy atom. The van der Waals surface area contributed by atoms with Gasteiger partial charge in [0.05, 0.1) is 40.6 Å². The molecule has 6 rings (SSSR count). The van der Waals surface area contributed by atoms with Gasteiger partial charge < -0.3 is 33.8 Å². The standard InChI is InChI=1S/C32H42N2O6/c1-36-22-8-9-24-25-11-12-34-18-21-15-23(7-6-20(21)16-27(34)31(25)33-26(24)17-22)40-30(35)10-5-19-13-28(37-2)32(39-4)29(14-19)38-3/h8-9,13-14,17,20-21,23,27,30,33,35H,5-7,10-12,15-16,18H2,1-4H3/t20-,21+,23-,27+,30-/m0/s1. The zero-order chi connectivity index (χ0) is 27.8. The van der Waals surface area contributed by atoms with Crippen LogP contribution in [0.2, 0.25) is 0 Å². The van der Waals surface area contributed by atoms with Crippen molar-refractivity contribution in [3.63, 3.8) is 0 Å². The Bertz CT molecular complexity index is 1310. The van der Waals surface area contributed by atoms with E-state index in [-0.39, 0.29) is 6.10 Å². The van der Waals surface area contributed by atoms with Gasteiger partial charge in [0.25, 0.3) is 0 Å². The van der Waals surface area contributed by atoms with E-state index in [4.69, 9.17) is 23.7 Å². The lowest BCUT2D eigenvalue weighted by molar-refractivity contribution is -0.159. The predicted octanol–water partition coefficient (Wildman–Crippen LogP) is 5.26. The van der Waals surface area contributed by atoms with Crippen LogP contribution in [0, 0.1) is 11.8 Å². The Balaban J connectivity index is 1.06. The Hall–Kier alpha value is -2.94. The summed E-state index contributed by atoms with van der Waals surface area (Å²) in [6.07, 6.45) is 5.94. The van der Waals surface area contributed by atoms with Crippen molar-refractivity contribution in [3.05, 3.63) is 47.2 Å². The van der Waals surface area contributed by atoms with Gasteiger partial charge in [0.15, 0.2) is 17.8 Å². The highest BCUT2D eigenvalue weighted by atomic mass is 16.6. The molecule has 0 radical (unpaired) electrons. The van der Waals surface area contributed by atoms with Gasteiger partial charge in [-0.1, -0.05) is 0 Å². The van der Waals surface area contributed by atoms with Crippen LogP contribution in [0.4, 0.5) is 0 Å². The molecule has 3 aromatic rings. The van der Waals surface area contributed by atoms with E-state index in [1.807, 2.05) is 12.1 Å². The van der Waals surface area contributed by atoms with E-state index in [2.05, 4.69) is 28.1 Å². The number of rotatable bonds is 9. The van der Waals surface area contributed by atoms with E-state index in [0.29, 0.717) is 48.0 Å². The lowest BCUT2D eigenvalue weighted by Crippen LogP contribution is -2.48. The topological polar surface area (TPSA) is 85.4 Å². The van der Waals surface area contributed by atoms with Crippen LogP contribution in [-0.2, 0) is 17.6 Å². The van der Waals surface area contributed by atoms with Gasteiger partial charge in [-0.05, 0) is 85.8 Å². The lowest BCUT2D eigenvalue weighted by atomic mass is 9.70. The number of ether oxygens (including phenoxy) is 5. The number of nitrogens with zero attached hydrogens (tertiary/aromatic N) is 1. The van der Waals surface area contributed by atoms with E-state index in [1.165, 1.54) is 28.6 Å². The summed E-state index contributed by atoms with van der Waals surface area (Å²) < 4.78 is 28.0. The quantitative estimate of drug-likeness (QED) is 0.352. The molecule has 5 atom stereocenters. The molecule has 2 fully saturated rings. The molecule has 8 nitrogen and oxygen atoms in total. The molecule has 0 bridgehead atoms. The zero-order valence-corrected chi connectivity index (χ0v) is 24.1. The first-order valence-electron chi connectivity index (χ1n) is 14.6. The van der Waals surface area contributed by atoms with Gasteiger partial charge >= 0.3 is 0 Å². The number of aromatic amines is 1. The van der Waals surface area contributed by atoms with E-state index in [9.17, 15) is 5.11 Å². The normalized spacial score (nSPS) is 25.0. The molecule has 2 N–H and O–H groups in total. The number of aryl methyl sites for hydroxylation is 1. The number of nitrogens with one attached hydrogen (secondary N) is 1. The predicted molar refractivity (Wildman–Crippen MR) is 154 cm³/mol. The van der Waals surface area contributed by atoms with Crippen LogP contribution in [0.1, 0.15) is 55.0 Å². The fraction of sp³-hybridized carbons (Fsp3) is 0.562. The van der Waals surface area contributed by atoms with Gasteiger partial charge in [-0.2, -0.15) is 0 Å². The van der Waals surface area contributed by atoms with E-state index < -0.39 is 6.29 Å². The van der Waals surface area contributed by atoms with Gasteiger partial charge in [0.2, 0.25) is 5.75 Å². The Labute approximate surface area is 236 Å². The molecule has 8 heteroatoms. The molecule has 0 spiro atoms. The Kier molecular flexibility index (Phi) is 7.84. The van der Waals surface area contributed by atoms with Crippen LogP contribution in [0.25, 0.3) is 10.9 Å². The van der Waals surface area contributed by atoms with E-state index in [0.717, 1.165) is 50.1 Å². The third-order valence-electron chi connectivity index (χ3n) is 9.41. The largest absolute Gasteiger partial charge is 0.497 e. The summed E-state index contributed by atoms with van der Waals surface area (Å²) in [6, 6.07) is 10.7. The number of aliphatic hydroxyl groups excluding tert-OH is 1. The number of aromatic nitrogens is 1. The number of benzene rings is 2. The summed E-state index contributed by atoms with van der Waals surface area (Å²) in [7, 11) is 6.55. The zero-order valence-electron chi connectivity index (χ0n) is 24.1. The van der Waals surface area contributed by atoms with Crippen molar-refractivity contribution < 1.29 is 28.8 Å². The number of H-pyrrole nitrogens is 1. The number of methoxy groups -OCH3 is 4. The first kappa shape index (κ1) is 27.2. The van der Waals surface area contributed by atoms with Gasteiger partial charge in [-0.3, -0.25) is 4.90 Å². The second-order valence-electron chi connectivity index (χ2n) is 11.5. The average Bonchev–Trinajstić information content (AvgIpc) is 3.36. The summed E-state index contributed by atoms with van der Waals surface area (Å²) in [5, 5.41) is 12.1. The Morgan fingerprint density at radius 1 is 0.950 bits per heavy atom. The van der Waals surface area contributed by atoms with Gasteiger partial charge in [-0.25, -0.2) is 0 Å². The number of aliphatic hydroxyl groups is 1. The maximum absolute atomic E-state index is 10.8. The van der Waals surface area contributed by atoms with Gasteiger partial charge in [0, 0.05) is 42.2 Å². The van der Waals surface area contributed by atoms with Crippen molar-refractivity contribution in [1.29, 1.82) is 0 Å². The average molecular weight is 551 g/mol. The molecular formula is C32H42N2O6. The molecule has 216 valence electrons. The van der Waals surface area contributed by atoms with E-state index >= 15 is 0 Å². The fourth-order valence-corrected chi connectivity index (χ4v) is 7.40. The maximum atomic E-state index is 10.8. The number of piperidine rings is 1. The lowest BCUT2D eigenvalue weighted by Gasteiger charge is -2.49. The molecule has 40 heavy (non-hydrogen) atoms. The van der Waals surface area contributed by atoms with Crippen LogP contribution < -0.4 is 18.9 Å². The van der Waals surface area contributed by atoms with Crippen LogP contribution in [0.15, 0.2) is 30.3 Å². The Morgan fingerprint density at radius 3 is 2.48 bits per heavy atom. The maximum Gasteiger partial charge on any atom is 0.203 e. The van der Waals surface area contributed by atoms with Gasteiger partial charge in [0.1, 0.15) is 5.75 Å². The van der Waals surface area contributed by atoms with Gasteiger partial charge in [-0.15, -0.1) is 0 Å². The van der Waals surface area contributed by atoms with Crippen molar-refractivity contribution in [2.24, 2.45) is 11.8 Å². The first-order valence-corrected chi connectivity index (χ1v) is 14.6. The number of fused-ring (bicyclic) bond motifs is 6. The van der Waals surface area contributed by atoms with Crippen LogP contribution in [-0.4, -0.2) is 68.9 Å². The molecule has 3 heterocycles. The van der Waals surface area contributed by atoms with Crippen molar-refractivity contribution >= 4 is 10.9 Å². The molecule has 2 aliphatic heterocycles. The first-order chi connectivity index (χ1) is 19.5. The molecule has 1 saturated heterocycles. The van der Waals surface area contributed by atoms with Crippen molar-refractivity contribution in [1.82, 2.24) is 9.88 Å². The van der Waals surface area contributed by atoms with Crippen molar-refractivity contribution in [2.45, 2.75) is 63.4 Å². The third-order valence-corrected chi connectivity index (χ3v) is 9.41. The molecule has 1 aromatic heterocycles. The smallest absolute Gasteiger partial charge is 0.203 e. The second-order valence-corrected chi connectivity index (χ2v) is 11.5. The molecule has 0 unspecified atom stereocenters. The highest BCUT2D eigenvalue weighted by Gasteiger charge is 2.43. The highest BCUT2D eigenvalue weighted by molar-refractivity contribution is 5.86. The highest BCUT2D eigenvalue weighted by Crippen LogP contribution is 2.48. The number of hydrogen-bond donors (Lipinski definition) is 2. The third kappa shape index (κ3) is 5.13. The summed E-state index contributed by atoms with van der Waals surface area (Å²) >= 11 is 0. The monoisotopic (exact) mass is 550 g/mol. The molecule has 0 amide bonds. The molecule has 1 aliphatic carbocycles. The minimum absolute atomic E-state index is 0.105. The van der Waals surface area contributed by atoms with Crippen molar-refractivity contribution in [2.75, 3.05) is 41.5 Å². The molecule has 2 aromatic carbocycles. The summed E-state index contributed by atoms with van der Waals surface area (Å²) in [5.41, 5.74) is 5.10. The summed E-state index contributed by atoms with van der Waals surface area (Å²) in [6.45, 7) is 2.21. The minimum Gasteiger partial charge on any atom is -0.497 e. The second kappa shape index (κ2) is 11.5. The van der Waals surface area contributed by atoms with E-state index in [1.54, 1.807) is 28.4 Å². The number of hydrogen-bond acceptors (Lipinski definition) is 7. The van der Waals surface area contributed by atoms with Crippen LogP contribution in [0.3, 0.4) is 0 Å². The van der Waals surface area contributed by atoms with Crippen LogP contribution >= 0.6 is 0 Å². The SMILES string of the molecule is COc1ccc2c3c([nH]c2c1)[C@H]1C[C@@H]2CC[C@H](O[C@H](O)CCc4cc(OC)c(OC)c(OC)c4)C[C@@H]2CN1CC3. The molecular weight excluding hydrogens is 508 g/mol. The fourth-order valence-electron chi connectivity index (χ4n) is 7.40. The molecule has 1 saturated carbocycles. The summed E-state index contributed by atoms with van der Waals surface area (Å²) in [4.78, 5) is 6.45. The van der Waals surface area contributed by atoms with Crippen LogP contribution in [0.5, 0.6) is 23.0 Å².